The summed E-state index contributed by atoms with van der Waals surface area (Å²) in [4.78, 5) is 10.6. The SMILES string of the molecule is c1ccc(C(c2ccccc2)(c2ccccc2)c2nc3ccccc3c3nc4ccccc4n23)cc1. The summed E-state index contributed by atoms with van der Waals surface area (Å²) in [5.41, 5.74) is 6.66. The first-order valence-electron chi connectivity index (χ1n) is 12.2. The Balaban J connectivity index is 1.77. The molecule has 0 amide bonds. The van der Waals surface area contributed by atoms with Crippen LogP contribution in [0.25, 0.3) is 27.6 Å². The summed E-state index contributed by atoms with van der Waals surface area (Å²) in [5, 5.41) is 1.04. The van der Waals surface area contributed by atoms with Crippen molar-refractivity contribution in [2.45, 2.75) is 5.41 Å². The second-order valence-electron chi connectivity index (χ2n) is 9.06. The molecule has 0 spiro atoms. The zero-order valence-corrected chi connectivity index (χ0v) is 19.6. The van der Waals surface area contributed by atoms with Crippen molar-refractivity contribution in [1.29, 1.82) is 0 Å². The molecular weight excluding hydrogens is 438 g/mol. The molecule has 0 N–H and O–H groups in total. The molecule has 2 heterocycles. The van der Waals surface area contributed by atoms with Crippen LogP contribution in [0.2, 0.25) is 0 Å². The van der Waals surface area contributed by atoms with E-state index in [2.05, 4.69) is 132 Å². The topological polar surface area (TPSA) is 30.2 Å². The Morgan fingerprint density at radius 2 is 0.917 bits per heavy atom. The lowest BCUT2D eigenvalue weighted by molar-refractivity contribution is 0.675. The third-order valence-corrected chi connectivity index (χ3v) is 7.10. The number of benzene rings is 5. The van der Waals surface area contributed by atoms with Gasteiger partial charge in [0.1, 0.15) is 16.9 Å². The first-order valence-corrected chi connectivity index (χ1v) is 12.2. The second-order valence-corrected chi connectivity index (χ2v) is 9.06. The van der Waals surface area contributed by atoms with Crippen molar-refractivity contribution in [3.63, 3.8) is 0 Å². The standard InChI is InChI=1S/C33H23N3/c1-4-14-24(15-5-1)33(25-16-6-2-7-17-25,26-18-8-3-9-19-26)32-35-28-21-11-10-20-27(28)31-34-29-22-12-13-23-30(29)36(31)32/h1-23H. The van der Waals surface area contributed by atoms with Crippen LogP contribution in [-0.4, -0.2) is 14.4 Å². The third-order valence-electron chi connectivity index (χ3n) is 7.10. The highest BCUT2D eigenvalue weighted by atomic mass is 15.1. The zero-order valence-electron chi connectivity index (χ0n) is 19.6. The molecule has 0 atom stereocenters. The van der Waals surface area contributed by atoms with Gasteiger partial charge < -0.3 is 0 Å². The second kappa shape index (κ2) is 8.17. The number of imidazole rings is 1. The fourth-order valence-corrected chi connectivity index (χ4v) is 5.55. The van der Waals surface area contributed by atoms with Gasteiger partial charge in [0.05, 0.1) is 16.6 Å². The van der Waals surface area contributed by atoms with Gasteiger partial charge in [-0.1, -0.05) is 115 Å². The average Bonchev–Trinajstić information content (AvgIpc) is 3.35. The largest absolute Gasteiger partial charge is 0.278 e. The van der Waals surface area contributed by atoms with Gasteiger partial charge >= 0.3 is 0 Å². The van der Waals surface area contributed by atoms with E-state index in [0.29, 0.717) is 0 Å². The van der Waals surface area contributed by atoms with E-state index in [-0.39, 0.29) is 0 Å². The zero-order chi connectivity index (χ0) is 24.0. The number of aromatic nitrogens is 3. The van der Waals surface area contributed by atoms with Crippen LogP contribution < -0.4 is 0 Å². The van der Waals surface area contributed by atoms with E-state index in [9.17, 15) is 0 Å². The summed E-state index contributed by atoms with van der Waals surface area (Å²) in [6.07, 6.45) is 0. The summed E-state index contributed by atoms with van der Waals surface area (Å²) < 4.78 is 2.27. The minimum atomic E-state index is -0.671. The minimum absolute atomic E-state index is 0.671. The smallest absolute Gasteiger partial charge is 0.148 e. The number of hydrogen-bond acceptors (Lipinski definition) is 2. The molecule has 0 fully saturated rings. The van der Waals surface area contributed by atoms with Crippen molar-refractivity contribution < 1.29 is 0 Å². The van der Waals surface area contributed by atoms with E-state index in [1.165, 1.54) is 0 Å². The molecule has 0 aliphatic rings. The Hall–Kier alpha value is -4.76. The highest BCUT2D eigenvalue weighted by Gasteiger charge is 2.42. The maximum absolute atomic E-state index is 5.45. The minimum Gasteiger partial charge on any atom is -0.278 e. The third kappa shape index (κ3) is 2.93. The molecule has 170 valence electrons. The van der Waals surface area contributed by atoms with Crippen molar-refractivity contribution in [3.8, 4) is 0 Å². The highest BCUT2D eigenvalue weighted by Crippen LogP contribution is 2.45. The summed E-state index contributed by atoms with van der Waals surface area (Å²) in [6.45, 7) is 0. The predicted octanol–water partition coefficient (Wildman–Crippen LogP) is 7.42. The van der Waals surface area contributed by atoms with Crippen LogP contribution in [0.3, 0.4) is 0 Å². The van der Waals surface area contributed by atoms with E-state index < -0.39 is 5.41 Å². The van der Waals surface area contributed by atoms with Crippen LogP contribution in [0.15, 0.2) is 140 Å². The summed E-state index contributed by atoms with van der Waals surface area (Å²) in [7, 11) is 0. The van der Waals surface area contributed by atoms with Gasteiger partial charge in [0.15, 0.2) is 0 Å². The Labute approximate surface area is 209 Å². The number of fused-ring (bicyclic) bond motifs is 5. The van der Waals surface area contributed by atoms with E-state index in [4.69, 9.17) is 9.97 Å². The molecule has 7 rings (SSSR count). The molecule has 2 aromatic heterocycles. The number of rotatable bonds is 4. The molecular formula is C33H23N3. The molecule has 0 bridgehead atoms. The van der Waals surface area contributed by atoms with E-state index in [1.807, 2.05) is 12.1 Å². The molecule has 0 aliphatic carbocycles. The van der Waals surface area contributed by atoms with E-state index >= 15 is 0 Å². The molecule has 7 aromatic rings. The first-order chi connectivity index (χ1) is 17.9. The van der Waals surface area contributed by atoms with Crippen molar-refractivity contribution in [2.75, 3.05) is 0 Å². The molecule has 0 saturated heterocycles. The molecule has 3 heteroatoms. The molecule has 36 heavy (non-hydrogen) atoms. The molecule has 5 aromatic carbocycles. The first kappa shape index (κ1) is 20.6. The van der Waals surface area contributed by atoms with Gasteiger partial charge in [-0.05, 0) is 41.0 Å². The average molecular weight is 462 g/mol. The lowest BCUT2D eigenvalue weighted by Gasteiger charge is -2.36. The molecule has 3 nitrogen and oxygen atoms in total. The van der Waals surface area contributed by atoms with Gasteiger partial charge in [0, 0.05) is 5.39 Å². The van der Waals surface area contributed by atoms with Crippen LogP contribution >= 0.6 is 0 Å². The normalized spacial score (nSPS) is 11.9. The number of nitrogens with zero attached hydrogens (tertiary/aromatic N) is 3. The Bertz CT molecular complexity index is 1720. The number of para-hydroxylation sites is 3. The van der Waals surface area contributed by atoms with Gasteiger partial charge in [-0.2, -0.15) is 0 Å². The van der Waals surface area contributed by atoms with Crippen molar-refractivity contribution >= 4 is 27.6 Å². The molecule has 0 unspecified atom stereocenters. The molecule has 0 radical (unpaired) electrons. The van der Waals surface area contributed by atoms with Gasteiger partial charge in [0.25, 0.3) is 0 Å². The van der Waals surface area contributed by atoms with E-state index in [0.717, 1.165) is 50.1 Å². The number of hydrogen-bond donors (Lipinski definition) is 0. The Morgan fingerprint density at radius 3 is 1.50 bits per heavy atom. The lowest BCUT2D eigenvalue weighted by atomic mass is 9.68. The fourth-order valence-electron chi connectivity index (χ4n) is 5.55. The van der Waals surface area contributed by atoms with Gasteiger partial charge in [-0.3, -0.25) is 4.40 Å². The Morgan fingerprint density at radius 1 is 0.444 bits per heavy atom. The van der Waals surface area contributed by atoms with Gasteiger partial charge in [0.2, 0.25) is 0 Å². The monoisotopic (exact) mass is 461 g/mol. The van der Waals surface area contributed by atoms with Crippen molar-refractivity contribution in [3.05, 3.63) is 162 Å². The Kier molecular flexibility index (Phi) is 4.68. The summed E-state index contributed by atoms with van der Waals surface area (Å²) >= 11 is 0. The predicted molar refractivity (Wildman–Crippen MR) is 146 cm³/mol. The maximum Gasteiger partial charge on any atom is 0.148 e. The molecule has 0 saturated carbocycles. The van der Waals surface area contributed by atoms with Gasteiger partial charge in [-0.25, -0.2) is 9.97 Å². The van der Waals surface area contributed by atoms with Crippen LogP contribution in [-0.2, 0) is 5.41 Å². The van der Waals surface area contributed by atoms with Gasteiger partial charge in [-0.15, -0.1) is 0 Å². The summed E-state index contributed by atoms with van der Waals surface area (Å²) in [6, 6.07) is 48.8. The lowest BCUT2D eigenvalue weighted by Crippen LogP contribution is -2.34. The highest BCUT2D eigenvalue weighted by molar-refractivity contribution is 5.96. The van der Waals surface area contributed by atoms with Crippen molar-refractivity contribution in [1.82, 2.24) is 14.4 Å². The quantitative estimate of drug-likeness (QED) is 0.255. The van der Waals surface area contributed by atoms with Crippen LogP contribution in [0, 0.1) is 0 Å². The van der Waals surface area contributed by atoms with Crippen molar-refractivity contribution in [2.24, 2.45) is 0 Å². The van der Waals surface area contributed by atoms with Crippen LogP contribution in [0.4, 0.5) is 0 Å². The molecule has 0 aliphatic heterocycles. The fraction of sp³-hybridized carbons (Fsp3) is 0.0303. The van der Waals surface area contributed by atoms with Crippen LogP contribution in [0.1, 0.15) is 22.5 Å². The summed E-state index contributed by atoms with van der Waals surface area (Å²) in [5.74, 6) is 0.925. The van der Waals surface area contributed by atoms with E-state index in [1.54, 1.807) is 0 Å². The van der Waals surface area contributed by atoms with Crippen LogP contribution in [0.5, 0.6) is 0 Å². The maximum atomic E-state index is 5.45.